The van der Waals surface area contributed by atoms with Gasteiger partial charge in [-0.3, -0.25) is 4.79 Å². The van der Waals surface area contributed by atoms with E-state index < -0.39 is 15.9 Å². The van der Waals surface area contributed by atoms with E-state index in [9.17, 15) is 13.2 Å². The lowest BCUT2D eigenvalue weighted by Gasteiger charge is -2.28. The Morgan fingerprint density at radius 2 is 1.61 bits per heavy atom. The molecule has 0 aromatic heterocycles. The SMILES string of the molecule is O=C(c1ccccc1)N(Cc1ccccc1)[C@H]1C=CS(=O)(=O)C1. The molecular weight excluding hydrogens is 310 g/mol. The lowest BCUT2D eigenvalue weighted by atomic mass is 10.1. The molecule has 2 aromatic carbocycles. The van der Waals surface area contributed by atoms with Gasteiger partial charge in [0.1, 0.15) is 0 Å². The second-order valence-electron chi connectivity index (χ2n) is 5.51. The molecule has 1 aliphatic rings. The van der Waals surface area contributed by atoms with Gasteiger partial charge in [-0.15, -0.1) is 0 Å². The molecule has 0 saturated heterocycles. The van der Waals surface area contributed by atoms with Crippen LogP contribution in [0, 0.1) is 0 Å². The minimum atomic E-state index is -3.22. The van der Waals surface area contributed by atoms with Crippen molar-refractivity contribution in [1.29, 1.82) is 0 Å². The maximum atomic E-state index is 12.8. The summed E-state index contributed by atoms with van der Waals surface area (Å²) in [5, 5.41) is 1.20. The van der Waals surface area contributed by atoms with Crippen LogP contribution >= 0.6 is 0 Å². The molecule has 0 saturated carbocycles. The number of amides is 1. The smallest absolute Gasteiger partial charge is 0.254 e. The van der Waals surface area contributed by atoms with E-state index in [4.69, 9.17) is 0 Å². The normalized spacial score (nSPS) is 18.7. The highest BCUT2D eigenvalue weighted by Crippen LogP contribution is 2.20. The van der Waals surface area contributed by atoms with Crippen molar-refractivity contribution < 1.29 is 13.2 Å². The van der Waals surface area contributed by atoms with Crippen LogP contribution in [0.2, 0.25) is 0 Å². The van der Waals surface area contributed by atoms with E-state index in [0.29, 0.717) is 12.1 Å². The maximum absolute atomic E-state index is 12.8. The number of carbonyl (C=O) groups excluding carboxylic acids is 1. The minimum Gasteiger partial charge on any atom is -0.327 e. The Hall–Kier alpha value is -2.40. The van der Waals surface area contributed by atoms with Gasteiger partial charge in [-0.05, 0) is 23.8 Å². The molecule has 2 aromatic rings. The second kappa shape index (κ2) is 6.38. The zero-order chi connectivity index (χ0) is 16.3. The Morgan fingerprint density at radius 3 is 2.17 bits per heavy atom. The summed E-state index contributed by atoms with van der Waals surface area (Å²) in [4.78, 5) is 14.5. The first-order chi connectivity index (χ1) is 11.1. The summed E-state index contributed by atoms with van der Waals surface area (Å²) in [6.45, 7) is 0.374. The van der Waals surface area contributed by atoms with E-state index in [1.807, 2.05) is 36.4 Å². The van der Waals surface area contributed by atoms with Crippen LogP contribution in [0.3, 0.4) is 0 Å². The predicted octanol–water partition coefficient (Wildman–Crippen LogP) is 2.64. The minimum absolute atomic E-state index is 0.0571. The van der Waals surface area contributed by atoms with Gasteiger partial charge in [0.15, 0.2) is 9.84 Å². The van der Waals surface area contributed by atoms with E-state index in [1.165, 1.54) is 5.41 Å². The number of rotatable bonds is 4. The van der Waals surface area contributed by atoms with E-state index >= 15 is 0 Å². The zero-order valence-electron chi connectivity index (χ0n) is 12.5. The molecule has 118 valence electrons. The average molecular weight is 327 g/mol. The standard InChI is InChI=1S/C18H17NO3S/c20-18(16-9-5-2-6-10-16)19(13-15-7-3-1-4-8-15)17-11-12-23(21,22)14-17/h1-12,17H,13-14H2/t17-/m0/s1. The van der Waals surface area contributed by atoms with Crippen LogP contribution in [0.4, 0.5) is 0 Å². The molecule has 0 fully saturated rings. The number of hydrogen-bond acceptors (Lipinski definition) is 3. The van der Waals surface area contributed by atoms with E-state index in [0.717, 1.165) is 5.56 Å². The fourth-order valence-corrected chi connectivity index (χ4v) is 3.92. The lowest BCUT2D eigenvalue weighted by Crippen LogP contribution is -2.40. The van der Waals surface area contributed by atoms with E-state index in [1.54, 1.807) is 35.2 Å². The van der Waals surface area contributed by atoms with Gasteiger partial charge in [0.25, 0.3) is 5.91 Å². The second-order valence-corrected chi connectivity index (χ2v) is 7.44. The van der Waals surface area contributed by atoms with Gasteiger partial charge in [0.05, 0.1) is 11.8 Å². The number of hydrogen-bond donors (Lipinski definition) is 0. The molecule has 3 rings (SSSR count). The Balaban J connectivity index is 1.90. The highest BCUT2D eigenvalue weighted by atomic mass is 32.2. The van der Waals surface area contributed by atoms with Crippen LogP contribution in [0.15, 0.2) is 72.1 Å². The van der Waals surface area contributed by atoms with Crippen molar-refractivity contribution >= 4 is 15.7 Å². The topological polar surface area (TPSA) is 54.5 Å². The highest BCUT2D eigenvalue weighted by Gasteiger charge is 2.30. The first-order valence-electron chi connectivity index (χ1n) is 7.36. The first-order valence-corrected chi connectivity index (χ1v) is 9.08. The average Bonchev–Trinajstić information content (AvgIpc) is 2.93. The van der Waals surface area contributed by atoms with Crippen LogP contribution in [0.25, 0.3) is 0 Å². The van der Waals surface area contributed by atoms with Crippen molar-refractivity contribution in [3.63, 3.8) is 0 Å². The van der Waals surface area contributed by atoms with Gasteiger partial charge >= 0.3 is 0 Å². The zero-order valence-corrected chi connectivity index (χ0v) is 13.3. The third-order valence-electron chi connectivity index (χ3n) is 3.79. The number of sulfone groups is 1. The number of carbonyl (C=O) groups is 1. The molecule has 0 aliphatic carbocycles. The fourth-order valence-electron chi connectivity index (χ4n) is 2.62. The molecule has 4 nitrogen and oxygen atoms in total. The lowest BCUT2D eigenvalue weighted by molar-refractivity contribution is 0.0713. The van der Waals surface area contributed by atoms with Crippen molar-refractivity contribution in [2.75, 3.05) is 5.75 Å². The Bertz CT molecular complexity index is 814. The molecule has 0 radical (unpaired) electrons. The summed E-state index contributed by atoms with van der Waals surface area (Å²) in [5.41, 5.74) is 1.52. The third kappa shape index (κ3) is 3.68. The van der Waals surface area contributed by atoms with Gasteiger partial charge in [0.2, 0.25) is 0 Å². The van der Waals surface area contributed by atoms with Crippen molar-refractivity contribution in [3.05, 3.63) is 83.3 Å². The molecule has 1 amide bonds. The molecule has 1 heterocycles. The van der Waals surface area contributed by atoms with E-state index in [2.05, 4.69) is 0 Å². The molecule has 0 N–H and O–H groups in total. The Morgan fingerprint density at radius 1 is 1.00 bits per heavy atom. The van der Waals surface area contributed by atoms with Crippen LogP contribution in [-0.4, -0.2) is 31.0 Å². The fraction of sp³-hybridized carbons (Fsp3) is 0.167. The van der Waals surface area contributed by atoms with Crippen LogP contribution in [0.1, 0.15) is 15.9 Å². The number of nitrogens with zero attached hydrogens (tertiary/aromatic N) is 1. The van der Waals surface area contributed by atoms with Gasteiger partial charge < -0.3 is 4.90 Å². The largest absolute Gasteiger partial charge is 0.327 e. The molecule has 0 unspecified atom stereocenters. The summed E-state index contributed by atoms with van der Waals surface area (Å²) in [6.07, 6.45) is 1.60. The molecule has 23 heavy (non-hydrogen) atoms. The third-order valence-corrected chi connectivity index (χ3v) is 5.17. The maximum Gasteiger partial charge on any atom is 0.254 e. The van der Waals surface area contributed by atoms with Crippen LogP contribution < -0.4 is 0 Å². The van der Waals surface area contributed by atoms with Crippen molar-refractivity contribution in [2.45, 2.75) is 12.6 Å². The van der Waals surface area contributed by atoms with Crippen LogP contribution in [0.5, 0.6) is 0 Å². The van der Waals surface area contributed by atoms with Crippen molar-refractivity contribution in [3.8, 4) is 0 Å². The molecule has 1 aliphatic heterocycles. The van der Waals surface area contributed by atoms with Crippen molar-refractivity contribution in [2.24, 2.45) is 0 Å². The first kappa shape index (κ1) is 15.5. The summed E-state index contributed by atoms with van der Waals surface area (Å²) < 4.78 is 23.5. The monoisotopic (exact) mass is 327 g/mol. The summed E-state index contributed by atoms with van der Waals surface area (Å²) in [6, 6.07) is 18.1. The number of benzene rings is 2. The van der Waals surface area contributed by atoms with Gasteiger partial charge in [-0.25, -0.2) is 8.42 Å². The molecule has 0 spiro atoms. The summed E-state index contributed by atoms with van der Waals surface area (Å²) in [7, 11) is -3.22. The summed E-state index contributed by atoms with van der Waals surface area (Å²) >= 11 is 0. The Kier molecular flexibility index (Phi) is 4.30. The van der Waals surface area contributed by atoms with Crippen molar-refractivity contribution in [1.82, 2.24) is 4.90 Å². The van der Waals surface area contributed by atoms with Crippen LogP contribution in [-0.2, 0) is 16.4 Å². The quantitative estimate of drug-likeness (QED) is 0.867. The Labute approximate surface area is 136 Å². The highest BCUT2D eigenvalue weighted by molar-refractivity contribution is 7.94. The van der Waals surface area contributed by atoms with Gasteiger partial charge in [-0.1, -0.05) is 48.5 Å². The summed E-state index contributed by atoms with van der Waals surface area (Å²) in [5.74, 6) is -0.223. The van der Waals surface area contributed by atoms with Gasteiger partial charge in [-0.2, -0.15) is 0 Å². The predicted molar refractivity (Wildman–Crippen MR) is 89.5 cm³/mol. The molecule has 1 atom stereocenters. The molecule has 0 bridgehead atoms. The molecular formula is C18H17NO3S. The van der Waals surface area contributed by atoms with E-state index in [-0.39, 0.29) is 11.7 Å². The molecule has 5 heteroatoms. The van der Waals surface area contributed by atoms with Gasteiger partial charge in [0, 0.05) is 17.5 Å².